The van der Waals surface area contributed by atoms with Gasteiger partial charge in [0.05, 0.1) is 36.7 Å². The van der Waals surface area contributed by atoms with Crippen molar-refractivity contribution in [1.29, 1.82) is 0 Å². The van der Waals surface area contributed by atoms with Crippen molar-refractivity contribution in [3.8, 4) is 0 Å². The van der Waals surface area contributed by atoms with Gasteiger partial charge in [-0.05, 0) is 62.9 Å². The van der Waals surface area contributed by atoms with Crippen molar-refractivity contribution in [2.45, 2.75) is 78.0 Å². The minimum absolute atomic E-state index is 0.0605. The number of aliphatic hydroxyl groups excluding tert-OH is 1. The number of nitrogens with zero attached hydrogens (tertiary/aromatic N) is 3. The smallest absolute Gasteiger partial charge is 0.422 e. The topological polar surface area (TPSA) is 160 Å². The first kappa shape index (κ1) is 34.2. The average molecular weight is 610 g/mol. The molecule has 4 N–H and O–H groups in total. The Labute approximate surface area is 258 Å². The second kappa shape index (κ2) is 16.0. The van der Waals surface area contributed by atoms with Crippen molar-refractivity contribution in [2.75, 3.05) is 6.54 Å². The predicted molar refractivity (Wildman–Crippen MR) is 163 cm³/mol. The molecule has 3 amide bonds. The Morgan fingerprint density at radius 2 is 1.75 bits per heavy atom. The van der Waals surface area contributed by atoms with Crippen LogP contribution in [0, 0.1) is 5.92 Å². The van der Waals surface area contributed by atoms with Gasteiger partial charge in [-0.25, -0.2) is 19.5 Å². The van der Waals surface area contributed by atoms with Crippen LogP contribution in [0.25, 0.3) is 0 Å². The molecule has 0 aliphatic rings. The Bertz CT molecular complexity index is 1310. The molecule has 0 unspecified atom stereocenters. The minimum Gasteiger partial charge on any atom is -0.468 e. The zero-order chi connectivity index (χ0) is 32.3. The van der Waals surface area contributed by atoms with E-state index in [-0.39, 0.29) is 32.0 Å². The SMILES string of the molecule is CC(C)[C@H](N)C(=O)N(C(=O)OCc1ccccn1)[C@@H](Cc1ccccc1)[C@@H](O)CN(Cc1ccco1)NC(=O)OC(C)(C)C. The Balaban J connectivity index is 1.96. The molecule has 12 nitrogen and oxygen atoms in total. The highest BCUT2D eigenvalue weighted by Crippen LogP contribution is 2.20. The Morgan fingerprint density at radius 3 is 2.34 bits per heavy atom. The van der Waals surface area contributed by atoms with E-state index in [9.17, 15) is 19.5 Å². The monoisotopic (exact) mass is 609 g/mol. The van der Waals surface area contributed by atoms with Gasteiger partial charge >= 0.3 is 12.2 Å². The molecule has 1 aromatic carbocycles. The first-order valence-electron chi connectivity index (χ1n) is 14.5. The van der Waals surface area contributed by atoms with Crippen molar-refractivity contribution >= 4 is 18.1 Å². The molecule has 0 saturated carbocycles. The molecule has 238 valence electrons. The van der Waals surface area contributed by atoms with Crippen molar-refractivity contribution < 1.29 is 33.4 Å². The molecule has 12 heteroatoms. The third kappa shape index (κ3) is 10.8. The number of aliphatic hydroxyl groups is 1. The number of hydrogen-bond donors (Lipinski definition) is 3. The van der Waals surface area contributed by atoms with Crippen LogP contribution in [0.15, 0.2) is 77.5 Å². The van der Waals surface area contributed by atoms with Crippen LogP contribution in [0.4, 0.5) is 9.59 Å². The highest BCUT2D eigenvalue weighted by atomic mass is 16.6. The highest BCUT2D eigenvalue weighted by molar-refractivity contribution is 5.95. The molecule has 0 fully saturated rings. The number of benzene rings is 1. The maximum atomic E-state index is 13.8. The van der Waals surface area contributed by atoms with Gasteiger partial charge in [-0.2, -0.15) is 0 Å². The van der Waals surface area contributed by atoms with Crippen LogP contribution in [0.5, 0.6) is 0 Å². The normalized spacial score (nSPS) is 13.7. The summed E-state index contributed by atoms with van der Waals surface area (Å²) in [6, 6.07) is 15.5. The molecule has 0 spiro atoms. The van der Waals surface area contributed by atoms with Gasteiger partial charge in [-0.15, -0.1) is 0 Å². The van der Waals surface area contributed by atoms with E-state index >= 15 is 0 Å². The second-order valence-corrected chi connectivity index (χ2v) is 11.8. The van der Waals surface area contributed by atoms with E-state index in [2.05, 4.69) is 10.4 Å². The number of rotatable bonds is 13. The number of amides is 3. The van der Waals surface area contributed by atoms with Crippen LogP contribution in [-0.4, -0.2) is 68.4 Å². The van der Waals surface area contributed by atoms with E-state index in [1.165, 1.54) is 11.3 Å². The lowest BCUT2D eigenvalue weighted by molar-refractivity contribution is -0.137. The van der Waals surface area contributed by atoms with Gasteiger partial charge in [-0.3, -0.25) is 15.2 Å². The molecule has 0 radical (unpaired) electrons. The Hall–Kier alpha value is -4.26. The molecular weight excluding hydrogens is 566 g/mol. The summed E-state index contributed by atoms with van der Waals surface area (Å²) in [7, 11) is 0. The number of nitrogens with two attached hydrogens (primary N) is 1. The van der Waals surface area contributed by atoms with Crippen LogP contribution in [-0.2, 0) is 33.8 Å². The Kier molecular flexibility index (Phi) is 12.4. The number of carbonyl (C=O) groups is 3. The van der Waals surface area contributed by atoms with Gasteiger partial charge in [0.15, 0.2) is 0 Å². The molecule has 3 rings (SSSR count). The quantitative estimate of drug-likeness (QED) is 0.241. The number of carbonyl (C=O) groups excluding carboxylic acids is 3. The van der Waals surface area contributed by atoms with Gasteiger partial charge < -0.3 is 24.7 Å². The van der Waals surface area contributed by atoms with Crippen molar-refractivity contribution in [3.05, 3.63) is 90.1 Å². The molecule has 3 aromatic rings. The molecular formula is C32H43N5O7. The van der Waals surface area contributed by atoms with Crippen molar-refractivity contribution in [3.63, 3.8) is 0 Å². The number of hydrazine groups is 1. The molecule has 44 heavy (non-hydrogen) atoms. The molecule has 0 aliphatic carbocycles. The molecule has 0 bridgehead atoms. The summed E-state index contributed by atoms with van der Waals surface area (Å²) in [5.74, 6) is -0.520. The van der Waals surface area contributed by atoms with E-state index in [1.54, 1.807) is 71.1 Å². The zero-order valence-corrected chi connectivity index (χ0v) is 25.9. The molecule has 0 aliphatic heterocycles. The largest absolute Gasteiger partial charge is 0.468 e. The maximum Gasteiger partial charge on any atom is 0.422 e. The molecule has 0 saturated heterocycles. The van der Waals surface area contributed by atoms with Crippen LogP contribution >= 0.6 is 0 Å². The summed E-state index contributed by atoms with van der Waals surface area (Å²) in [5, 5.41) is 13.2. The lowest BCUT2D eigenvalue weighted by Crippen LogP contribution is -2.59. The summed E-state index contributed by atoms with van der Waals surface area (Å²) in [6.45, 7) is 8.36. The molecule has 3 atom stereocenters. The fraction of sp³-hybridized carbons (Fsp3) is 0.438. The number of hydrogen-bond acceptors (Lipinski definition) is 10. The number of pyridine rings is 1. The van der Waals surface area contributed by atoms with E-state index in [0.717, 1.165) is 10.5 Å². The number of nitrogens with one attached hydrogen (secondary N) is 1. The van der Waals surface area contributed by atoms with Gasteiger partial charge in [0.25, 0.3) is 0 Å². The molecule has 2 aromatic heterocycles. The van der Waals surface area contributed by atoms with E-state index in [0.29, 0.717) is 11.5 Å². The predicted octanol–water partition coefficient (Wildman–Crippen LogP) is 4.04. The second-order valence-electron chi connectivity index (χ2n) is 11.8. The number of furan rings is 1. The minimum atomic E-state index is -1.38. The summed E-state index contributed by atoms with van der Waals surface area (Å²) >= 11 is 0. The number of ether oxygens (including phenoxy) is 2. The van der Waals surface area contributed by atoms with Gasteiger partial charge in [0, 0.05) is 12.7 Å². The van der Waals surface area contributed by atoms with Crippen LogP contribution in [0.2, 0.25) is 0 Å². The van der Waals surface area contributed by atoms with Crippen LogP contribution in [0.3, 0.4) is 0 Å². The summed E-state index contributed by atoms with van der Waals surface area (Å²) in [6.07, 6.45) is 0.0216. The zero-order valence-electron chi connectivity index (χ0n) is 25.9. The number of aromatic nitrogens is 1. The van der Waals surface area contributed by atoms with E-state index in [1.807, 2.05) is 30.3 Å². The van der Waals surface area contributed by atoms with Crippen molar-refractivity contribution in [1.82, 2.24) is 20.3 Å². The van der Waals surface area contributed by atoms with Gasteiger partial charge in [-0.1, -0.05) is 50.2 Å². The van der Waals surface area contributed by atoms with Crippen LogP contribution in [0.1, 0.15) is 51.6 Å². The van der Waals surface area contributed by atoms with E-state index < -0.39 is 41.9 Å². The Morgan fingerprint density at radius 1 is 1.05 bits per heavy atom. The van der Waals surface area contributed by atoms with Gasteiger partial charge in [0.2, 0.25) is 5.91 Å². The first-order valence-corrected chi connectivity index (χ1v) is 14.5. The van der Waals surface area contributed by atoms with Crippen LogP contribution < -0.4 is 11.2 Å². The van der Waals surface area contributed by atoms with Gasteiger partial charge in [0.1, 0.15) is 18.0 Å². The first-order chi connectivity index (χ1) is 20.8. The third-order valence-corrected chi connectivity index (χ3v) is 6.55. The summed E-state index contributed by atoms with van der Waals surface area (Å²) in [4.78, 5) is 45.3. The third-order valence-electron chi connectivity index (χ3n) is 6.55. The number of imide groups is 1. The lowest BCUT2D eigenvalue weighted by Gasteiger charge is -2.36. The summed E-state index contributed by atoms with van der Waals surface area (Å²) < 4.78 is 16.4. The highest BCUT2D eigenvalue weighted by Gasteiger charge is 2.40. The standard InChI is InChI=1S/C32H43N5O7/c1-22(2)28(33)29(39)37(31(41)43-21-24-14-9-10-16-34-24)26(18-23-12-7-6-8-13-23)27(38)20-36(19-25-15-11-17-42-25)35-30(40)44-32(3,4)5/h6-17,22,26-28,38H,18-21,33H2,1-5H3,(H,35,40)/t26-,27-,28-/m0/s1. The molecule has 2 heterocycles. The lowest BCUT2D eigenvalue weighted by atomic mass is 9.97. The summed E-state index contributed by atoms with van der Waals surface area (Å²) in [5.41, 5.74) is 9.37. The van der Waals surface area contributed by atoms with Crippen molar-refractivity contribution in [2.24, 2.45) is 11.7 Å². The van der Waals surface area contributed by atoms with E-state index in [4.69, 9.17) is 19.6 Å². The maximum absolute atomic E-state index is 13.8. The average Bonchev–Trinajstić information content (AvgIpc) is 3.48. The fourth-order valence-corrected chi connectivity index (χ4v) is 4.30. The fourth-order valence-electron chi connectivity index (χ4n) is 4.30.